The van der Waals surface area contributed by atoms with Crippen LogP contribution in [0.5, 0.6) is 0 Å². The number of fused-ring (bicyclic) bond motifs is 1. The van der Waals surface area contributed by atoms with Gasteiger partial charge in [-0.25, -0.2) is 14.3 Å². The van der Waals surface area contributed by atoms with Crippen molar-refractivity contribution in [1.82, 2.24) is 14.3 Å². The molecule has 0 radical (unpaired) electrons. The second kappa shape index (κ2) is 6.11. The molecule has 0 N–H and O–H groups in total. The molecule has 4 rings (SSSR count). The van der Waals surface area contributed by atoms with Crippen LogP contribution in [0, 0.1) is 0 Å². The number of anilines is 1. The monoisotopic (exact) mass is 374 g/mol. The first-order valence-corrected chi connectivity index (χ1v) is 8.06. The van der Waals surface area contributed by atoms with Crippen LogP contribution < -0.4 is 10.6 Å². The Bertz CT molecular complexity index is 1070. The van der Waals surface area contributed by atoms with E-state index in [4.69, 9.17) is 0 Å². The van der Waals surface area contributed by atoms with Crippen LogP contribution in [-0.2, 0) is 19.3 Å². The summed E-state index contributed by atoms with van der Waals surface area (Å²) in [5.74, 6) is 0.251. The van der Waals surface area contributed by atoms with Crippen LogP contribution in [0.1, 0.15) is 17.0 Å². The molecule has 0 spiro atoms. The largest absolute Gasteiger partial charge is 0.416 e. The van der Waals surface area contributed by atoms with Gasteiger partial charge in [0.2, 0.25) is 0 Å². The zero-order chi connectivity index (χ0) is 19.2. The first-order chi connectivity index (χ1) is 12.8. The summed E-state index contributed by atoms with van der Waals surface area (Å²) in [7, 11) is 0. The maximum Gasteiger partial charge on any atom is 0.416 e. The van der Waals surface area contributed by atoms with Gasteiger partial charge in [0.15, 0.2) is 5.82 Å². The molecule has 6 nitrogen and oxygen atoms in total. The predicted molar refractivity (Wildman–Crippen MR) is 90.5 cm³/mol. The number of aromatic nitrogens is 3. The molecule has 0 fully saturated rings. The number of hydrogen-bond donors (Lipinski definition) is 0. The minimum absolute atomic E-state index is 0.119. The van der Waals surface area contributed by atoms with Crippen LogP contribution >= 0.6 is 0 Å². The summed E-state index contributed by atoms with van der Waals surface area (Å²) in [4.78, 5) is 30.2. The molecule has 0 saturated carbocycles. The topological polar surface area (TPSA) is 60.1 Å². The lowest BCUT2D eigenvalue weighted by molar-refractivity contribution is -0.137. The van der Waals surface area contributed by atoms with E-state index >= 15 is 0 Å². The Hall–Kier alpha value is -3.36. The molecule has 1 aromatic heterocycles. The third-order valence-electron chi connectivity index (χ3n) is 4.30. The summed E-state index contributed by atoms with van der Waals surface area (Å²) in [5, 5.41) is 0. The van der Waals surface area contributed by atoms with Crippen LogP contribution in [0.2, 0.25) is 0 Å². The van der Waals surface area contributed by atoms with E-state index in [9.17, 15) is 22.8 Å². The van der Waals surface area contributed by atoms with Crippen LogP contribution in [-0.4, -0.2) is 20.4 Å². The highest BCUT2D eigenvalue weighted by molar-refractivity contribution is 5.95. The zero-order valence-corrected chi connectivity index (χ0v) is 13.8. The van der Waals surface area contributed by atoms with E-state index in [0.717, 1.165) is 21.5 Å². The van der Waals surface area contributed by atoms with E-state index in [0.29, 0.717) is 5.69 Å². The van der Waals surface area contributed by atoms with Crippen LogP contribution in [0.4, 0.5) is 23.7 Å². The zero-order valence-electron chi connectivity index (χ0n) is 13.8. The first kappa shape index (κ1) is 17.1. The van der Waals surface area contributed by atoms with Gasteiger partial charge in [-0.3, -0.25) is 4.90 Å². The van der Waals surface area contributed by atoms with Gasteiger partial charge in [0.1, 0.15) is 0 Å². The fraction of sp³-hybridized carbons (Fsp3) is 0.167. The van der Waals surface area contributed by atoms with Gasteiger partial charge in [0, 0.05) is 5.69 Å². The molecule has 3 aromatic rings. The molecule has 0 saturated heterocycles. The quantitative estimate of drug-likeness (QED) is 0.708. The van der Waals surface area contributed by atoms with Gasteiger partial charge in [-0.15, -0.1) is 0 Å². The van der Waals surface area contributed by atoms with E-state index in [1.807, 2.05) is 6.07 Å². The average Bonchev–Trinajstić information content (AvgIpc) is 3.12. The van der Waals surface area contributed by atoms with Crippen molar-refractivity contribution in [3.8, 4) is 0 Å². The smallest absolute Gasteiger partial charge is 0.285 e. The van der Waals surface area contributed by atoms with Crippen molar-refractivity contribution in [3.63, 3.8) is 0 Å². The van der Waals surface area contributed by atoms with Crippen molar-refractivity contribution in [1.29, 1.82) is 0 Å². The normalized spacial score (nSPS) is 13.9. The summed E-state index contributed by atoms with van der Waals surface area (Å²) in [6.07, 6.45) is -4.49. The fourth-order valence-electron chi connectivity index (χ4n) is 3.05. The number of halogens is 3. The second-order valence-corrected chi connectivity index (χ2v) is 6.08. The van der Waals surface area contributed by atoms with Crippen molar-refractivity contribution in [3.05, 3.63) is 82.0 Å². The van der Waals surface area contributed by atoms with E-state index < -0.39 is 23.5 Å². The number of para-hydroxylation sites is 1. The van der Waals surface area contributed by atoms with Gasteiger partial charge in [0.05, 0.1) is 18.7 Å². The van der Waals surface area contributed by atoms with Gasteiger partial charge >= 0.3 is 17.9 Å². The molecule has 0 unspecified atom stereocenters. The van der Waals surface area contributed by atoms with Gasteiger partial charge in [-0.05, 0) is 29.8 Å². The van der Waals surface area contributed by atoms with Crippen molar-refractivity contribution in [2.24, 2.45) is 0 Å². The molecule has 1 aliphatic rings. The molecular weight excluding hydrogens is 361 g/mol. The highest BCUT2D eigenvalue weighted by Gasteiger charge is 2.34. The number of benzene rings is 2. The lowest BCUT2D eigenvalue weighted by atomic mass is 10.1. The summed E-state index contributed by atoms with van der Waals surface area (Å²) in [5.41, 5.74) is -0.596. The summed E-state index contributed by atoms with van der Waals surface area (Å²) in [6, 6.07) is 13.0. The molecule has 0 aliphatic carbocycles. The minimum atomic E-state index is -4.49. The molecule has 2 heterocycles. The Kier molecular flexibility index (Phi) is 3.87. The highest BCUT2D eigenvalue weighted by Crippen LogP contribution is 2.30. The van der Waals surface area contributed by atoms with Crippen LogP contribution in [0.25, 0.3) is 0 Å². The van der Waals surface area contributed by atoms with Gasteiger partial charge in [-0.2, -0.15) is 22.8 Å². The first-order valence-electron chi connectivity index (χ1n) is 8.06. The third kappa shape index (κ3) is 3.01. The van der Waals surface area contributed by atoms with Crippen molar-refractivity contribution >= 4 is 11.7 Å². The Morgan fingerprint density at radius 1 is 1.00 bits per heavy atom. The number of carbonyl (C=O) groups excluding carboxylic acids is 1. The van der Waals surface area contributed by atoms with Crippen LogP contribution in [0.3, 0.4) is 0 Å². The van der Waals surface area contributed by atoms with Crippen molar-refractivity contribution < 1.29 is 18.0 Å². The maximum absolute atomic E-state index is 12.9. The fourth-order valence-corrected chi connectivity index (χ4v) is 3.05. The lowest BCUT2D eigenvalue weighted by Crippen LogP contribution is -2.34. The van der Waals surface area contributed by atoms with E-state index in [-0.39, 0.29) is 24.5 Å². The molecule has 0 bridgehead atoms. The number of amides is 1. The molecule has 1 amide bonds. The summed E-state index contributed by atoms with van der Waals surface area (Å²) >= 11 is 0. The number of hydrogen-bond acceptors (Lipinski definition) is 3. The van der Waals surface area contributed by atoms with Gasteiger partial charge < -0.3 is 0 Å². The SMILES string of the molecule is O=C1N(c2ccccc2)Cc2nc(=O)n(Cc3cccc(C(F)(F)F)c3)n21. The summed E-state index contributed by atoms with van der Waals surface area (Å²) in [6.45, 7) is -0.0716. The molecular formula is C18H13F3N4O2. The molecule has 138 valence electrons. The van der Waals surface area contributed by atoms with Crippen molar-refractivity contribution in [2.75, 3.05) is 4.90 Å². The average molecular weight is 374 g/mol. The predicted octanol–water partition coefficient (Wildman–Crippen LogP) is 3.10. The van der Waals surface area contributed by atoms with E-state index in [1.54, 1.807) is 24.3 Å². The molecule has 1 aliphatic heterocycles. The standard InChI is InChI=1S/C18H13F3N4O2/c19-18(20,21)13-6-4-5-12(9-13)10-24-16(26)22-15-11-23(17(27)25(15)24)14-7-2-1-3-8-14/h1-9H,10-11H2. The lowest BCUT2D eigenvalue weighted by Gasteiger charge is -2.15. The second-order valence-electron chi connectivity index (χ2n) is 6.08. The molecule has 27 heavy (non-hydrogen) atoms. The third-order valence-corrected chi connectivity index (χ3v) is 4.30. The Labute approximate surface area is 151 Å². The maximum atomic E-state index is 12.9. The van der Waals surface area contributed by atoms with E-state index in [2.05, 4.69) is 4.98 Å². The Morgan fingerprint density at radius 2 is 1.74 bits per heavy atom. The molecule has 0 atom stereocenters. The Balaban J connectivity index is 1.68. The number of rotatable bonds is 3. The number of carbonyl (C=O) groups is 1. The Morgan fingerprint density at radius 3 is 2.44 bits per heavy atom. The van der Waals surface area contributed by atoms with Crippen LogP contribution in [0.15, 0.2) is 59.4 Å². The van der Waals surface area contributed by atoms with E-state index in [1.165, 1.54) is 17.0 Å². The number of nitrogens with zero attached hydrogens (tertiary/aromatic N) is 4. The highest BCUT2D eigenvalue weighted by atomic mass is 19.4. The summed E-state index contributed by atoms with van der Waals surface area (Å²) < 4.78 is 40.9. The molecule has 2 aromatic carbocycles. The van der Waals surface area contributed by atoms with Crippen molar-refractivity contribution in [2.45, 2.75) is 19.3 Å². The number of alkyl halides is 3. The minimum Gasteiger partial charge on any atom is -0.285 e. The van der Waals surface area contributed by atoms with Gasteiger partial charge in [-0.1, -0.05) is 30.3 Å². The molecule has 9 heteroatoms. The van der Waals surface area contributed by atoms with Gasteiger partial charge in [0.25, 0.3) is 0 Å².